The standard InChI is InChI=1S/C26H34N4O3S/c31-24(28-23-8-5-13-27-29-23)10-15-30-14-9-20-19(18-30)17-21(20)33-25(32)26(22-7-6-16-34-22)11-3-1-2-4-12-26/h5-8,13,16,19-21H,1-4,9-12,14-15,17-18H2,(H,28,29,31)/t19?,20-,21-/m0/s1. The van der Waals surface area contributed by atoms with Gasteiger partial charge in [0.1, 0.15) is 11.5 Å². The minimum Gasteiger partial charge on any atom is -0.461 e. The predicted octanol–water partition coefficient (Wildman–Crippen LogP) is 4.41. The minimum absolute atomic E-state index is 0.0170. The molecule has 2 aromatic rings. The first-order valence-corrected chi connectivity index (χ1v) is 13.6. The maximum Gasteiger partial charge on any atom is 0.317 e. The largest absolute Gasteiger partial charge is 0.461 e. The number of thiophene rings is 1. The number of nitrogens with one attached hydrogen (secondary N) is 1. The summed E-state index contributed by atoms with van der Waals surface area (Å²) >= 11 is 1.70. The van der Waals surface area contributed by atoms with Crippen molar-refractivity contribution in [1.82, 2.24) is 15.1 Å². The Labute approximate surface area is 205 Å². The van der Waals surface area contributed by atoms with E-state index in [0.717, 1.165) is 58.2 Å². The van der Waals surface area contributed by atoms with Crippen molar-refractivity contribution in [3.63, 3.8) is 0 Å². The third-order valence-electron chi connectivity index (χ3n) is 7.98. The molecule has 182 valence electrons. The Bertz CT molecular complexity index is 960. The van der Waals surface area contributed by atoms with Crippen LogP contribution in [-0.4, -0.2) is 52.7 Å². The molecule has 1 amide bonds. The number of hydrogen-bond donors (Lipinski definition) is 1. The summed E-state index contributed by atoms with van der Waals surface area (Å²) in [6, 6.07) is 7.68. The van der Waals surface area contributed by atoms with Gasteiger partial charge in [-0.25, -0.2) is 0 Å². The lowest BCUT2D eigenvalue weighted by molar-refractivity contribution is -0.176. The average Bonchev–Trinajstić information content (AvgIpc) is 3.27. The number of amides is 1. The molecule has 0 aromatic carbocycles. The fourth-order valence-electron chi connectivity index (χ4n) is 6.00. The van der Waals surface area contributed by atoms with Gasteiger partial charge in [-0.3, -0.25) is 9.59 Å². The Balaban J connectivity index is 1.11. The van der Waals surface area contributed by atoms with E-state index in [-0.39, 0.29) is 18.0 Å². The Morgan fingerprint density at radius 3 is 2.74 bits per heavy atom. The second-order valence-corrected chi connectivity index (χ2v) is 11.0. The van der Waals surface area contributed by atoms with E-state index in [1.165, 1.54) is 17.7 Å². The van der Waals surface area contributed by atoms with Crippen molar-refractivity contribution in [1.29, 1.82) is 0 Å². The lowest BCUT2D eigenvalue weighted by atomic mass is 9.66. The van der Waals surface area contributed by atoms with Gasteiger partial charge >= 0.3 is 5.97 Å². The molecule has 3 heterocycles. The molecule has 34 heavy (non-hydrogen) atoms. The van der Waals surface area contributed by atoms with E-state index in [1.54, 1.807) is 29.7 Å². The van der Waals surface area contributed by atoms with Crippen LogP contribution in [0.4, 0.5) is 5.82 Å². The first-order valence-electron chi connectivity index (χ1n) is 12.7. The van der Waals surface area contributed by atoms with Gasteiger partial charge in [-0.1, -0.05) is 31.7 Å². The highest BCUT2D eigenvalue weighted by atomic mass is 32.1. The summed E-state index contributed by atoms with van der Waals surface area (Å²) in [6.07, 6.45) is 10.5. The van der Waals surface area contributed by atoms with Crippen LogP contribution >= 0.6 is 11.3 Å². The molecule has 1 aliphatic heterocycles. The number of likely N-dealkylation sites (tertiary alicyclic amines) is 1. The molecule has 1 saturated heterocycles. The molecule has 0 bridgehead atoms. The normalized spacial score (nSPS) is 26.5. The van der Waals surface area contributed by atoms with Crippen LogP contribution in [0.25, 0.3) is 0 Å². The molecule has 2 aromatic heterocycles. The molecular weight excluding hydrogens is 448 g/mol. The summed E-state index contributed by atoms with van der Waals surface area (Å²) in [5.41, 5.74) is -0.438. The second kappa shape index (κ2) is 10.5. The van der Waals surface area contributed by atoms with Crippen molar-refractivity contribution >= 4 is 29.0 Å². The van der Waals surface area contributed by atoms with E-state index in [9.17, 15) is 9.59 Å². The third-order valence-corrected chi connectivity index (χ3v) is 9.06. The van der Waals surface area contributed by atoms with E-state index >= 15 is 0 Å². The van der Waals surface area contributed by atoms with Crippen LogP contribution in [0.5, 0.6) is 0 Å². The van der Waals surface area contributed by atoms with Crippen LogP contribution in [0.1, 0.15) is 62.7 Å². The lowest BCUT2D eigenvalue weighted by Gasteiger charge is -2.50. The maximum absolute atomic E-state index is 13.6. The molecule has 3 fully saturated rings. The summed E-state index contributed by atoms with van der Waals surface area (Å²) in [5.74, 6) is 1.48. The fourth-order valence-corrected chi connectivity index (χ4v) is 6.97. The highest BCUT2D eigenvalue weighted by Gasteiger charge is 2.50. The van der Waals surface area contributed by atoms with Crippen molar-refractivity contribution in [3.05, 3.63) is 40.7 Å². The number of ether oxygens (including phenoxy) is 1. The number of esters is 1. The van der Waals surface area contributed by atoms with Gasteiger partial charge in [-0.15, -0.1) is 16.4 Å². The van der Waals surface area contributed by atoms with Crippen molar-refractivity contribution in [2.75, 3.05) is 25.0 Å². The van der Waals surface area contributed by atoms with Gasteiger partial charge in [-0.2, -0.15) is 5.10 Å². The number of carbonyl (C=O) groups excluding carboxylic acids is 2. The average molecular weight is 483 g/mol. The Morgan fingerprint density at radius 2 is 2.03 bits per heavy atom. The van der Waals surface area contributed by atoms with Crippen LogP contribution in [0.2, 0.25) is 0 Å². The number of nitrogens with zero attached hydrogens (tertiary/aromatic N) is 3. The first kappa shape index (κ1) is 23.4. The Hall–Kier alpha value is -2.32. The zero-order valence-electron chi connectivity index (χ0n) is 19.7. The van der Waals surface area contributed by atoms with Gasteiger partial charge in [0.2, 0.25) is 5.91 Å². The van der Waals surface area contributed by atoms with Gasteiger partial charge in [-0.05, 0) is 61.7 Å². The highest BCUT2D eigenvalue weighted by molar-refractivity contribution is 7.10. The Morgan fingerprint density at radius 1 is 1.18 bits per heavy atom. The summed E-state index contributed by atoms with van der Waals surface area (Å²) < 4.78 is 6.25. The van der Waals surface area contributed by atoms with Crippen molar-refractivity contribution < 1.29 is 14.3 Å². The Kier molecular flexibility index (Phi) is 7.25. The molecule has 3 atom stereocenters. The van der Waals surface area contributed by atoms with Gasteiger partial charge < -0.3 is 15.0 Å². The molecule has 7 nitrogen and oxygen atoms in total. The molecular formula is C26H34N4O3S. The topological polar surface area (TPSA) is 84.4 Å². The minimum atomic E-state index is -0.438. The molecule has 0 radical (unpaired) electrons. The lowest BCUT2D eigenvalue weighted by Crippen LogP contribution is -2.55. The number of anilines is 1. The number of piperidine rings is 1. The van der Waals surface area contributed by atoms with E-state index in [4.69, 9.17) is 4.74 Å². The molecule has 2 aliphatic carbocycles. The molecule has 8 heteroatoms. The van der Waals surface area contributed by atoms with E-state index in [0.29, 0.717) is 24.1 Å². The van der Waals surface area contributed by atoms with Gasteiger partial charge in [0.05, 0.1) is 0 Å². The first-order chi connectivity index (χ1) is 16.6. The zero-order valence-corrected chi connectivity index (χ0v) is 20.5. The molecule has 5 rings (SSSR count). The van der Waals surface area contributed by atoms with Crippen LogP contribution in [-0.2, 0) is 19.7 Å². The second-order valence-electron chi connectivity index (χ2n) is 10.1. The maximum atomic E-state index is 13.6. The molecule has 2 saturated carbocycles. The number of aromatic nitrogens is 2. The van der Waals surface area contributed by atoms with E-state index < -0.39 is 5.41 Å². The van der Waals surface area contributed by atoms with Gasteiger partial charge in [0, 0.05) is 36.5 Å². The third kappa shape index (κ3) is 5.03. The number of fused-ring (bicyclic) bond motifs is 1. The van der Waals surface area contributed by atoms with Gasteiger partial charge in [0.25, 0.3) is 0 Å². The molecule has 0 spiro atoms. The zero-order chi connectivity index (χ0) is 23.4. The monoisotopic (exact) mass is 482 g/mol. The van der Waals surface area contributed by atoms with Gasteiger partial charge in [0.15, 0.2) is 5.82 Å². The van der Waals surface area contributed by atoms with Crippen molar-refractivity contribution in [2.24, 2.45) is 11.8 Å². The number of carbonyl (C=O) groups is 2. The smallest absolute Gasteiger partial charge is 0.317 e. The molecule has 1 unspecified atom stereocenters. The predicted molar refractivity (Wildman–Crippen MR) is 132 cm³/mol. The number of rotatable bonds is 7. The van der Waals surface area contributed by atoms with Crippen molar-refractivity contribution in [3.8, 4) is 0 Å². The number of hydrogen-bond acceptors (Lipinski definition) is 7. The van der Waals surface area contributed by atoms with Crippen LogP contribution in [0, 0.1) is 11.8 Å². The van der Waals surface area contributed by atoms with Crippen LogP contribution in [0.15, 0.2) is 35.8 Å². The summed E-state index contributed by atoms with van der Waals surface area (Å²) in [4.78, 5) is 29.3. The van der Waals surface area contributed by atoms with E-state index in [2.05, 4.69) is 37.9 Å². The molecule has 3 aliphatic rings. The van der Waals surface area contributed by atoms with Crippen LogP contribution < -0.4 is 5.32 Å². The van der Waals surface area contributed by atoms with E-state index in [1.807, 2.05) is 0 Å². The van der Waals surface area contributed by atoms with Crippen molar-refractivity contribution in [2.45, 2.75) is 69.3 Å². The summed E-state index contributed by atoms with van der Waals surface area (Å²) in [7, 11) is 0. The molecule has 1 N–H and O–H groups in total. The van der Waals surface area contributed by atoms with Crippen LogP contribution in [0.3, 0.4) is 0 Å². The summed E-state index contributed by atoms with van der Waals surface area (Å²) in [6.45, 7) is 2.66. The fraction of sp³-hybridized carbons (Fsp3) is 0.615. The highest BCUT2D eigenvalue weighted by Crippen LogP contribution is 2.46. The summed E-state index contributed by atoms with van der Waals surface area (Å²) in [5, 5.41) is 12.6. The SMILES string of the molecule is O=C(CCN1CC[C@H]2C(C[C@@H]2OC(=O)C2(c3cccs3)CCCCCC2)C1)Nc1cccnn1. The quantitative estimate of drug-likeness (QED) is 0.465.